The van der Waals surface area contributed by atoms with Crippen molar-refractivity contribution in [2.75, 3.05) is 18.9 Å². The number of hydrogen-bond donors (Lipinski definition) is 1. The third-order valence-corrected chi connectivity index (χ3v) is 4.22. The minimum absolute atomic E-state index is 0.00942. The zero-order chi connectivity index (χ0) is 16.2. The molecule has 1 aromatic heterocycles. The number of nitrogens with one attached hydrogen (secondary N) is 1. The molecule has 1 rings (SSSR count). The quantitative estimate of drug-likeness (QED) is 0.861. The molecule has 0 aliphatic heterocycles. The molecule has 0 aliphatic rings. The van der Waals surface area contributed by atoms with Gasteiger partial charge in [0.25, 0.3) is 5.91 Å². The molecule has 0 fully saturated rings. The summed E-state index contributed by atoms with van der Waals surface area (Å²) < 4.78 is 0.810. The minimum Gasteiger partial charge on any atom is -0.369 e. The molecule has 0 radical (unpaired) electrons. The highest BCUT2D eigenvalue weighted by Crippen LogP contribution is 2.26. The smallest absolute Gasteiger partial charge is 0.257 e. The van der Waals surface area contributed by atoms with Crippen molar-refractivity contribution >= 4 is 27.7 Å². The molecule has 1 unspecified atom stereocenters. The molecule has 1 N–H and O–H groups in total. The molecule has 1 aromatic rings. The molecule has 0 saturated heterocycles. The standard InChI is InChI=1S/C16H26BrN3O/c1-7-8-18-14-13(9-12(17)10-19-14)15(21)20(6)11(2)16(3,4)5/h9-11H,7-8H2,1-6H3,(H,18,19). The minimum atomic E-state index is -0.00942. The first-order valence-electron chi connectivity index (χ1n) is 7.35. The highest BCUT2D eigenvalue weighted by Gasteiger charge is 2.29. The summed E-state index contributed by atoms with van der Waals surface area (Å²) in [5.74, 6) is 0.642. The fourth-order valence-corrected chi connectivity index (χ4v) is 2.26. The molecule has 0 saturated carbocycles. The number of carbonyl (C=O) groups excluding carboxylic acids is 1. The van der Waals surface area contributed by atoms with Gasteiger partial charge >= 0.3 is 0 Å². The summed E-state index contributed by atoms with van der Waals surface area (Å²) in [6.45, 7) is 11.4. The first-order valence-corrected chi connectivity index (χ1v) is 8.14. The summed E-state index contributed by atoms with van der Waals surface area (Å²) in [5.41, 5.74) is 0.636. The van der Waals surface area contributed by atoms with Gasteiger partial charge in [-0.2, -0.15) is 0 Å². The van der Waals surface area contributed by atoms with Crippen LogP contribution in [0, 0.1) is 5.41 Å². The van der Waals surface area contributed by atoms with E-state index >= 15 is 0 Å². The SMILES string of the molecule is CCCNc1ncc(Br)cc1C(=O)N(C)C(C)C(C)(C)C. The van der Waals surface area contributed by atoms with Gasteiger partial charge in [-0.05, 0) is 40.8 Å². The number of hydrogen-bond acceptors (Lipinski definition) is 3. The fraction of sp³-hybridized carbons (Fsp3) is 0.625. The number of aromatic nitrogens is 1. The van der Waals surface area contributed by atoms with E-state index in [1.54, 1.807) is 11.1 Å². The highest BCUT2D eigenvalue weighted by atomic mass is 79.9. The van der Waals surface area contributed by atoms with Gasteiger partial charge in [-0.25, -0.2) is 4.98 Å². The Kier molecular flexibility index (Phi) is 6.20. The third-order valence-electron chi connectivity index (χ3n) is 3.78. The summed E-state index contributed by atoms with van der Waals surface area (Å²) in [6, 6.07) is 1.96. The van der Waals surface area contributed by atoms with Crippen LogP contribution in [0.2, 0.25) is 0 Å². The van der Waals surface area contributed by atoms with Crippen molar-refractivity contribution in [3.63, 3.8) is 0 Å². The second kappa shape index (κ2) is 7.25. The van der Waals surface area contributed by atoms with Gasteiger partial charge < -0.3 is 10.2 Å². The number of amides is 1. The Morgan fingerprint density at radius 1 is 1.48 bits per heavy atom. The number of nitrogens with zero attached hydrogens (tertiary/aromatic N) is 2. The topological polar surface area (TPSA) is 45.2 Å². The average Bonchev–Trinajstić information content (AvgIpc) is 2.42. The zero-order valence-corrected chi connectivity index (χ0v) is 15.4. The van der Waals surface area contributed by atoms with Crippen LogP contribution < -0.4 is 5.32 Å². The number of halogens is 1. The second-order valence-electron chi connectivity index (χ2n) is 6.43. The number of rotatable bonds is 5. The molecular weight excluding hydrogens is 330 g/mol. The van der Waals surface area contributed by atoms with E-state index in [9.17, 15) is 4.79 Å². The van der Waals surface area contributed by atoms with Crippen LogP contribution in [0.1, 0.15) is 51.4 Å². The predicted molar refractivity (Wildman–Crippen MR) is 91.7 cm³/mol. The normalized spacial score (nSPS) is 12.9. The summed E-state index contributed by atoms with van der Waals surface area (Å²) in [7, 11) is 1.85. The number of pyridine rings is 1. The van der Waals surface area contributed by atoms with Crippen molar-refractivity contribution in [3.05, 3.63) is 22.3 Å². The predicted octanol–water partition coefficient (Wildman–Crippen LogP) is 4.17. The molecule has 1 heterocycles. The van der Waals surface area contributed by atoms with E-state index < -0.39 is 0 Å². The van der Waals surface area contributed by atoms with Crippen LogP contribution in [0.4, 0.5) is 5.82 Å². The largest absolute Gasteiger partial charge is 0.369 e. The van der Waals surface area contributed by atoms with Crippen molar-refractivity contribution < 1.29 is 4.79 Å². The van der Waals surface area contributed by atoms with E-state index in [1.807, 2.05) is 13.1 Å². The Morgan fingerprint density at radius 3 is 2.62 bits per heavy atom. The molecule has 118 valence electrons. The Labute approximate surface area is 136 Å². The van der Waals surface area contributed by atoms with Gasteiger partial charge in [0, 0.05) is 30.3 Å². The van der Waals surface area contributed by atoms with Gasteiger partial charge in [0.1, 0.15) is 5.82 Å². The van der Waals surface area contributed by atoms with Crippen LogP contribution in [-0.4, -0.2) is 35.4 Å². The summed E-state index contributed by atoms with van der Waals surface area (Å²) >= 11 is 3.40. The maximum absolute atomic E-state index is 12.8. The first kappa shape index (κ1) is 18.0. The van der Waals surface area contributed by atoms with Gasteiger partial charge in [-0.3, -0.25) is 4.79 Å². The molecule has 5 heteroatoms. The zero-order valence-electron chi connectivity index (χ0n) is 13.8. The van der Waals surface area contributed by atoms with E-state index in [0.29, 0.717) is 11.4 Å². The molecular formula is C16H26BrN3O. The Balaban J connectivity index is 3.08. The Morgan fingerprint density at radius 2 is 2.10 bits per heavy atom. The molecule has 0 bridgehead atoms. The van der Waals surface area contributed by atoms with Crippen LogP contribution in [0.15, 0.2) is 16.7 Å². The van der Waals surface area contributed by atoms with Gasteiger partial charge in [0.15, 0.2) is 0 Å². The Bertz CT molecular complexity index is 497. The molecule has 1 atom stereocenters. The van der Waals surface area contributed by atoms with Crippen LogP contribution in [0.3, 0.4) is 0 Å². The molecule has 0 aromatic carbocycles. The van der Waals surface area contributed by atoms with Crippen molar-refractivity contribution in [2.24, 2.45) is 5.41 Å². The lowest BCUT2D eigenvalue weighted by molar-refractivity contribution is 0.0630. The van der Waals surface area contributed by atoms with E-state index in [1.165, 1.54) is 0 Å². The van der Waals surface area contributed by atoms with Crippen LogP contribution in [0.25, 0.3) is 0 Å². The molecule has 0 aliphatic carbocycles. The summed E-state index contributed by atoms with van der Waals surface area (Å²) in [5, 5.41) is 3.22. The van der Waals surface area contributed by atoms with Gasteiger partial charge in [0.05, 0.1) is 5.56 Å². The van der Waals surface area contributed by atoms with Crippen molar-refractivity contribution in [3.8, 4) is 0 Å². The van der Waals surface area contributed by atoms with Crippen molar-refractivity contribution in [2.45, 2.75) is 47.1 Å². The first-order chi connectivity index (χ1) is 9.68. The van der Waals surface area contributed by atoms with Crippen LogP contribution in [-0.2, 0) is 0 Å². The monoisotopic (exact) mass is 355 g/mol. The summed E-state index contributed by atoms with van der Waals surface area (Å²) in [6.07, 6.45) is 2.70. The maximum atomic E-state index is 12.8. The van der Waals surface area contributed by atoms with E-state index in [4.69, 9.17) is 0 Å². The van der Waals surface area contributed by atoms with Gasteiger partial charge in [-0.15, -0.1) is 0 Å². The fourth-order valence-electron chi connectivity index (χ4n) is 1.93. The molecule has 4 nitrogen and oxygen atoms in total. The lowest BCUT2D eigenvalue weighted by Crippen LogP contribution is -2.43. The highest BCUT2D eigenvalue weighted by molar-refractivity contribution is 9.10. The summed E-state index contributed by atoms with van der Waals surface area (Å²) in [4.78, 5) is 18.9. The third kappa shape index (κ3) is 4.70. The van der Waals surface area contributed by atoms with E-state index in [0.717, 1.165) is 17.4 Å². The molecule has 0 spiro atoms. The van der Waals surface area contributed by atoms with Crippen molar-refractivity contribution in [1.29, 1.82) is 0 Å². The Hall–Kier alpha value is -1.10. The van der Waals surface area contributed by atoms with Crippen LogP contribution in [0.5, 0.6) is 0 Å². The van der Waals surface area contributed by atoms with Gasteiger partial charge in [0.2, 0.25) is 0 Å². The molecule has 1 amide bonds. The van der Waals surface area contributed by atoms with Crippen LogP contribution >= 0.6 is 15.9 Å². The average molecular weight is 356 g/mol. The molecule has 21 heavy (non-hydrogen) atoms. The number of anilines is 1. The lowest BCUT2D eigenvalue weighted by atomic mass is 9.87. The van der Waals surface area contributed by atoms with Gasteiger partial charge in [-0.1, -0.05) is 27.7 Å². The lowest BCUT2D eigenvalue weighted by Gasteiger charge is -2.35. The number of carbonyl (C=O) groups is 1. The maximum Gasteiger partial charge on any atom is 0.257 e. The van der Waals surface area contributed by atoms with E-state index in [-0.39, 0.29) is 17.4 Å². The van der Waals surface area contributed by atoms with Crippen molar-refractivity contribution in [1.82, 2.24) is 9.88 Å². The second-order valence-corrected chi connectivity index (χ2v) is 7.35. The van der Waals surface area contributed by atoms with E-state index in [2.05, 4.69) is 60.8 Å².